The average Bonchev–Trinajstić information content (AvgIpc) is 3.56. The second-order valence-electron chi connectivity index (χ2n) is 9.64. The maximum Gasteiger partial charge on any atom is 0.490 e. The van der Waals surface area contributed by atoms with Crippen LogP contribution in [0, 0.1) is 5.41 Å². The van der Waals surface area contributed by atoms with Crippen LogP contribution >= 0.6 is 11.3 Å². The van der Waals surface area contributed by atoms with Crippen molar-refractivity contribution in [2.45, 2.75) is 50.9 Å². The lowest BCUT2D eigenvalue weighted by Gasteiger charge is -2.39. The van der Waals surface area contributed by atoms with E-state index in [0.29, 0.717) is 5.41 Å². The van der Waals surface area contributed by atoms with Crippen LogP contribution in [0.15, 0.2) is 41.4 Å². The van der Waals surface area contributed by atoms with Gasteiger partial charge in [-0.2, -0.15) is 50.9 Å². The smallest absolute Gasteiger partial charge is 0.475 e. The minimum Gasteiger partial charge on any atom is -0.475 e. The van der Waals surface area contributed by atoms with E-state index in [9.17, 15) is 39.5 Å². The highest BCUT2D eigenvalue weighted by atomic mass is 32.1. The number of carbonyl (C=O) groups is 3. The predicted molar refractivity (Wildman–Crippen MR) is 136 cm³/mol. The minimum absolute atomic E-state index is 0.577. The maximum absolute atomic E-state index is 10.6. The van der Waals surface area contributed by atoms with Gasteiger partial charge >= 0.3 is 36.4 Å². The molecule has 9 nitrogen and oxygen atoms in total. The van der Waals surface area contributed by atoms with E-state index in [-0.39, 0.29) is 0 Å². The Labute approximate surface area is 248 Å². The molecule has 19 heteroatoms. The molecule has 0 radical (unpaired) electrons. The molecule has 2 aromatic heterocycles. The molecular weight excluding hydrogens is 641 g/mol. The van der Waals surface area contributed by atoms with E-state index in [1.807, 2.05) is 29.8 Å². The van der Waals surface area contributed by atoms with Crippen molar-refractivity contribution >= 4 is 29.2 Å². The zero-order valence-electron chi connectivity index (χ0n) is 22.6. The highest BCUT2D eigenvalue weighted by Gasteiger charge is 2.41. The van der Waals surface area contributed by atoms with E-state index >= 15 is 0 Å². The van der Waals surface area contributed by atoms with Crippen LogP contribution in [0.4, 0.5) is 39.5 Å². The maximum atomic E-state index is 10.6. The summed E-state index contributed by atoms with van der Waals surface area (Å²) in [5.74, 6) is -8.27. The highest BCUT2D eigenvalue weighted by molar-refractivity contribution is 7.07. The Morgan fingerprint density at radius 3 is 1.55 bits per heavy atom. The fraction of sp³-hybridized carbons (Fsp3) is 0.520. The van der Waals surface area contributed by atoms with Crippen molar-refractivity contribution in [3.8, 4) is 0 Å². The summed E-state index contributed by atoms with van der Waals surface area (Å²) in [5.41, 5.74) is 3.41. The van der Waals surface area contributed by atoms with Gasteiger partial charge < -0.3 is 15.3 Å². The molecule has 44 heavy (non-hydrogen) atoms. The average molecular weight is 670 g/mol. The standard InChI is InChI=1S/C19H25N3S.3C2HF3O2/c1-2-17(12-20-7-1)13-22-10-6-19(16-22)4-8-21(9-5-19)14-18-3-11-23-15-18;3*3-2(4,5)1(6)7/h1-3,7,11-12,15H,4-6,8-10,13-14,16H2;3*(H,6,7). The van der Waals surface area contributed by atoms with Gasteiger partial charge in [-0.15, -0.1) is 0 Å². The summed E-state index contributed by atoms with van der Waals surface area (Å²) in [5, 5.41) is 25.9. The van der Waals surface area contributed by atoms with Gasteiger partial charge in [0.25, 0.3) is 0 Å². The minimum atomic E-state index is -5.08. The summed E-state index contributed by atoms with van der Waals surface area (Å²) >= 11 is 1.81. The van der Waals surface area contributed by atoms with Crippen LogP contribution in [-0.2, 0) is 27.5 Å². The number of carboxylic acid groups (broad SMARTS) is 3. The number of likely N-dealkylation sites (tertiary alicyclic amines) is 2. The van der Waals surface area contributed by atoms with E-state index in [1.54, 1.807) is 0 Å². The number of hydrogen-bond donors (Lipinski definition) is 3. The monoisotopic (exact) mass is 669 g/mol. The third-order valence-corrected chi connectivity index (χ3v) is 7.01. The zero-order valence-corrected chi connectivity index (χ0v) is 23.4. The van der Waals surface area contributed by atoms with E-state index in [0.717, 1.165) is 13.1 Å². The van der Waals surface area contributed by atoms with Crippen LogP contribution in [0.2, 0.25) is 0 Å². The van der Waals surface area contributed by atoms with E-state index < -0.39 is 36.4 Å². The summed E-state index contributed by atoms with van der Waals surface area (Å²) in [7, 11) is 0. The van der Waals surface area contributed by atoms with Crippen molar-refractivity contribution < 1.29 is 69.2 Å². The van der Waals surface area contributed by atoms with Crippen molar-refractivity contribution in [2.24, 2.45) is 5.41 Å². The predicted octanol–water partition coefficient (Wildman–Crippen LogP) is 5.53. The summed E-state index contributed by atoms with van der Waals surface area (Å²) in [6.45, 7) is 7.24. The molecule has 0 atom stereocenters. The van der Waals surface area contributed by atoms with Crippen LogP contribution in [0.5, 0.6) is 0 Å². The summed E-state index contributed by atoms with van der Waals surface area (Å²) in [6.07, 6.45) is -7.28. The van der Waals surface area contributed by atoms with Crippen LogP contribution in [0.25, 0.3) is 0 Å². The van der Waals surface area contributed by atoms with Gasteiger partial charge in [-0.3, -0.25) is 14.8 Å². The molecule has 2 aliphatic rings. The molecule has 2 aromatic rings. The SMILES string of the molecule is O=C(O)C(F)(F)F.O=C(O)C(F)(F)F.O=C(O)C(F)(F)F.c1cncc(CN2CCC3(CCN(Cc4ccsc4)CC3)C2)c1. The quantitative estimate of drug-likeness (QED) is 0.360. The number of aromatic nitrogens is 1. The molecule has 4 heterocycles. The van der Waals surface area contributed by atoms with E-state index in [4.69, 9.17) is 29.7 Å². The van der Waals surface area contributed by atoms with Gasteiger partial charge in [-0.05, 0) is 78.3 Å². The van der Waals surface area contributed by atoms with Gasteiger partial charge in [-0.25, -0.2) is 14.4 Å². The zero-order chi connectivity index (χ0) is 33.8. The third kappa shape index (κ3) is 14.8. The largest absolute Gasteiger partial charge is 0.490 e. The van der Waals surface area contributed by atoms with Gasteiger partial charge in [0.1, 0.15) is 0 Å². The number of hydrogen-bond acceptors (Lipinski definition) is 7. The van der Waals surface area contributed by atoms with Crippen molar-refractivity contribution in [2.75, 3.05) is 26.2 Å². The first-order valence-electron chi connectivity index (χ1n) is 12.4. The number of halogens is 9. The summed E-state index contributed by atoms with van der Waals surface area (Å²) in [6, 6.07) is 6.51. The number of rotatable bonds is 4. The number of alkyl halides is 9. The first kappa shape index (κ1) is 38.6. The first-order valence-corrected chi connectivity index (χ1v) is 13.3. The number of pyridine rings is 1. The van der Waals surface area contributed by atoms with Crippen molar-refractivity contribution in [3.63, 3.8) is 0 Å². The van der Waals surface area contributed by atoms with Crippen molar-refractivity contribution in [1.82, 2.24) is 14.8 Å². The Kier molecular flexibility index (Phi) is 14.5. The van der Waals surface area contributed by atoms with Gasteiger partial charge in [-0.1, -0.05) is 6.07 Å². The van der Waals surface area contributed by atoms with Gasteiger partial charge in [0.15, 0.2) is 0 Å². The Morgan fingerprint density at radius 2 is 1.18 bits per heavy atom. The molecule has 0 bridgehead atoms. The number of aliphatic carboxylic acids is 3. The Balaban J connectivity index is 0.000000379. The van der Waals surface area contributed by atoms with Crippen LogP contribution in [0.1, 0.15) is 30.4 Å². The molecular formula is C25H28F9N3O6S. The first-order chi connectivity index (χ1) is 20.1. The molecule has 0 aromatic carbocycles. The second kappa shape index (κ2) is 16.6. The number of piperidine rings is 1. The molecule has 1 spiro atoms. The number of thiophene rings is 1. The van der Waals surface area contributed by atoms with Crippen LogP contribution in [0.3, 0.4) is 0 Å². The molecule has 0 aliphatic carbocycles. The van der Waals surface area contributed by atoms with Crippen LogP contribution in [-0.4, -0.2) is 92.7 Å². The molecule has 0 unspecified atom stereocenters. The molecule has 248 valence electrons. The third-order valence-electron chi connectivity index (χ3n) is 6.28. The Morgan fingerprint density at radius 1 is 0.750 bits per heavy atom. The molecule has 3 N–H and O–H groups in total. The van der Waals surface area contributed by atoms with E-state index in [2.05, 4.69) is 37.7 Å². The topological polar surface area (TPSA) is 131 Å². The summed E-state index contributed by atoms with van der Waals surface area (Å²) < 4.78 is 95.2. The van der Waals surface area contributed by atoms with Crippen LogP contribution < -0.4 is 0 Å². The van der Waals surface area contributed by atoms with Gasteiger partial charge in [0.05, 0.1) is 0 Å². The molecule has 2 aliphatic heterocycles. The molecule has 2 saturated heterocycles. The summed E-state index contributed by atoms with van der Waals surface area (Å²) in [4.78, 5) is 36.2. The Bertz CT molecular complexity index is 1110. The fourth-order valence-corrected chi connectivity index (χ4v) is 4.81. The lowest BCUT2D eigenvalue weighted by molar-refractivity contribution is -0.193. The number of nitrogens with zero attached hydrogens (tertiary/aromatic N) is 3. The second-order valence-corrected chi connectivity index (χ2v) is 10.4. The number of carboxylic acids is 3. The highest BCUT2D eigenvalue weighted by Crippen LogP contribution is 2.41. The molecule has 2 fully saturated rings. The normalized spacial score (nSPS) is 16.8. The fourth-order valence-electron chi connectivity index (χ4n) is 4.15. The molecule has 4 rings (SSSR count). The van der Waals surface area contributed by atoms with Gasteiger partial charge in [0.2, 0.25) is 0 Å². The van der Waals surface area contributed by atoms with Crippen molar-refractivity contribution in [1.29, 1.82) is 0 Å². The molecule has 0 amide bonds. The lowest BCUT2D eigenvalue weighted by Crippen LogP contribution is -2.41. The van der Waals surface area contributed by atoms with E-state index in [1.165, 1.54) is 56.6 Å². The lowest BCUT2D eigenvalue weighted by atomic mass is 9.77. The van der Waals surface area contributed by atoms with Gasteiger partial charge in [0, 0.05) is 32.0 Å². The van der Waals surface area contributed by atoms with Crippen molar-refractivity contribution in [3.05, 3.63) is 52.5 Å². The Hall–Kier alpha value is -3.45. The molecule has 0 saturated carbocycles.